The van der Waals surface area contributed by atoms with Gasteiger partial charge in [0.25, 0.3) is 5.91 Å². The molecule has 2 heterocycles. The maximum Gasteiger partial charge on any atom is 0.328 e. The number of halogens is 1. The summed E-state index contributed by atoms with van der Waals surface area (Å²) in [6.45, 7) is 0. The Morgan fingerprint density at radius 3 is 2.41 bits per heavy atom. The maximum absolute atomic E-state index is 13.2. The predicted octanol–water partition coefficient (Wildman–Crippen LogP) is 2.82. The molecule has 0 aliphatic carbocycles. The van der Waals surface area contributed by atoms with Crippen LogP contribution in [0.5, 0.6) is 0 Å². The number of likely N-dealkylation sites (N-methyl/N-ethyl adjacent to an activating group) is 1. The van der Waals surface area contributed by atoms with Crippen LogP contribution in [-0.2, 0) is 11.2 Å². The third-order valence-electron chi connectivity index (χ3n) is 5.29. The molecular formula is C21H17ClN4O3. The molecule has 2 aromatic rings. The molecule has 2 aromatic carbocycles. The van der Waals surface area contributed by atoms with E-state index in [4.69, 9.17) is 11.6 Å². The van der Waals surface area contributed by atoms with Crippen molar-refractivity contribution in [1.29, 1.82) is 0 Å². The van der Waals surface area contributed by atoms with Crippen LogP contribution in [0.3, 0.4) is 0 Å². The molecule has 7 nitrogen and oxygen atoms in total. The van der Waals surface area contributed by atoms with Crippen molar-refractivity contribution in [3.63, 3.8) is 0 Å². The van der Waals surface area contributed by atoms with E-state index in [0.717, 1.165) is 4.90 Å². The van der Waals surface area contributed by atoms with Crippen molar-refractivity contribution in [2.45, 2.75) is 12.1 Å². The summed E-state index contributed by atoms with van der Waals surface area (Å²) in [5.74, 6) is -0.739. The second kappa shape index (κ2) is 6.93. The third kappa shape index (κ3) is 2.86. The molecule has 0 radical (unpaired) electrons. The number of hydrogen-bond donors (Lipinski definition) is 0. The van der Waals surface area contributed by atoms with Crippen LogP contribution in [0.4, 0.5) is 4.79 Å². The normalized spacial score (nSPS) is 20.7. The molecule has 0 saturated carbocycles. The van der Waals surface area contributed by atoms with E-state index in [1.54, 1.807) is 55.6 Å². The van der Waals surface area contributed by atoms with Crippen molar-refractivity contribution in [1.82, 2.24) is 9.80 Å². The third-order valence-corrected chi connectivity index (χ3v) is 5.62. The Labute approximate surface area is 172 Å². The second-order valence-electron chi connectivity index (χ2n) is 6.89. The molecule has 0 bridgehead atoms. The van der Waals surface area contributed by atoms with Gasteiger partial charge in [-0.3, -0.25) is 19.4 Å². The van der Waals surface area contributed by atoms with E-state index in [9.17, 15) is 14.4 Å². The minimum atomic E-state index is -1.28. The number of amides is 3. The maximum atomic E-state index is 13.2. The highest BCUT2D eigenvalue weighted by molar-refractivity contribution is 6.48. The fourth-order valence-electron chi connectivity index (χ4n) is 3.65. The highest BCUT2D eigenvalue weighted by Gasteiger charge is 2.54. The van der Waals surface area contributed by atoms with E-state index in [1.165, 1.54) is 18.3 Å². The largest absolute Gasteiger partial charge is 0.328 e. The van der Waals surface area contributed by atoms with Gasteiger partial charge in [-0.1, -0.05) is 48.0 Å². The van der Waals surface area contributed by atoms with Crippen molar-refractivity contribution >= 4 is 41.4 Å². The number of urea groups is 1. The van der Waals surface area contributed by atoms with E-state index in [1.807, 2.05) is 0 Å². The van der Waals surface area contributed by atoms with Gasteiger partial charge in [-0.15, -0.1) is 0 Å². The Kier molecular flexibility index (Phi) is 4.55. The first-order valence-electron chi connectivity index (χ1n) is 8.92. The van der Waals surface area contributed by atoms with Gasteiger partial charge < -0.3 is 0 Å². The second-order valence-corrected chi connectivity index (χ2v) is 7.29. The molecule has 1 fully saturated rings. The van der Waals surface area contributed by atoms with Gasteiger partial charge in [0.1, 0.15) is 6.34 Å². The number of nitrogens with zero attached hydrogens (tertiary/aromatic N) is 4. The summed E-state index contributed by atoms with van der Waals surface area (Å²) in [6, 6.07) is 13.4. The van der Waals surface area contributed by atoms with E-state index in [2.05, 4.69) is 9.98 Å². The highest BCUT2D eigenvalue weighted by atomic mass is 35.5. The predicted molar refractivity (Wildman–Crippen MR) is 110 cm³/mol. The number of aliphatic imine (C=N–C) groups is 2. The number of fused-ring (bicyclic) bond motifs is 1. The van der Waals surface area contributed by atoms with Crippen molar-refractivity contribution < 1.29 is 14.4 Å². The summed E-state index contributed by atoms with van der Waals surface area (Å²) >= 11 is 6.21. The number of imide groups is 1. The smallest absolute Gasteiger partial charge is 0.297 e. The summed E-state index contributed by atoms with van der Waals surface area (Å²) in [6.07, 6.45) is 1.42. The molecule has 1 saturated heterocycles. The highest BCUT2D eigenvalue weighted by Crippen LogP contribution is 2.33. The van der Waals surface area contributed by atoms with Crippen molar-refractivity contribution in [3.8, 4) is 0 Å². The number of hydrogen-bond acceptors (Lipinski definition) is 5. The SMILES string of the molecule is CN1C(=O)C2=NC=NC2(Cc2ccccc2C(=O)c2ccccc2Cl)N(C)C1=O. The van der Waals surface area contributed by atoms with Gasteiger partial charge >= 0.3 is 6.03 Å². The zero-order valence-corrected chi connectivity index (χ0v) is 16.6. The number of rotatable bonds is 4. The van der Waals surface area contributed by atoms with Gasteiger partial charge in [0.05, 0.1) is 5.02 Å². The molecule has 146 valence electrons. The van der Waals surface area contributed by atoms with Crippen LogP contribution in [0.2, 0.25) is 5.02 Å². The van der Waals surface area contributed by atoms with E-state index in [-0.39, 0.29) is 17.9 Å². The van der Waals surface area contributed by atoms with Crippen LogP contribution in [0.1, 0.15) is 21.5 Å². The zero-order valence-electron chi connectivity index (χ0n) is 15.8. The Morgan fingerprint density at radius 2 is 1.69 bits per heavy atom. The van der Waals surface area contributed by atoms with E-state index in [0.29, 0.717) is 21.7 Å². The van der Waals surface area contributed by atoms with Gasteiger partial charge in [-0.25, -0.2) is 14.8 Å². The number of carbonyl (C=O) groups excluding carboxylic acids is 3. The quantitative estimate of drug-likeness (QED) is 0.729. The Morgan fingerprint density at radius 1 is 1.03 bits per heavy atom. The minimum Gasteiger partial charge on any atom is -0.297 e. The molecule has 8 heteroatoms. The lowest BCUT2D eigenvalue weighted by molar-refractivity contribution is -0.122. The van der Waals surface area contributed by atoms with Gasteiger partial charge in [0.2, 0.25) is 0 Å². The minimum absolute atomic E-state index is 0.135. The summed E-state index contributed by atoms with van der Waals surface area (Å²) in [7, 11) is 2.97. The van der Waals surface area contributed by atoms with Crippen LogP contribution in [0.25, 0.3) is 0 Å². The molecular weight excluding hydrogens is 392 g/mol. The lowest BCUT2D eigenvalue weighted by Crippen LogP contribution is -2.66. The van der Waals surface area contributed by atoms with Crippen LogP contribution in [0.15, 0.2) is 58.5 Å². The summed E-state index contributed by atoms with van der Waals surface area (Å²) in [4.78, 5) is 49.3. The van der Waals surface area contributed by atoms with Crippen molar-refractivity contribution in [2.75, 3.05) is 14.1 Å². The first-order chi connectivity index (χ1) is 13.9. The fraction of sp³-hybridized carbons (Fsp3) is 0.190. The number of benzene rings is 2. The molecule has 2 aliphatic rings. The van der Waals surface area contributed by atoms with Gasteiger partial charge in [0, 0.05) is 31.6 Å². The molecule has 1 unspecified atom stereocenters. The molecule has 1 atom stereocenters. The van der Waals surface area contributed by atoms with Crippen molar-refractivity contribution in [2.24, 2.45) is 9.98 Å². The molecule has 0 spiro atoms. The van der Waals surface area contributed by atoms with E-state index < -0.39 is 17.6 Å². The van der Waals surface area contributed by atoms with Crippen LogP contribution >= 0.6 is 11.6 Å². The Hall–Kier alpha value is -3.32. The van der Waals surface area contributed by atoms with Crippen LogP contribution < -0.4 is 0 Å². The van der Waals surface area contributed by atoms with Crippen molar-refractivity contribution in [3.05, 3.63) is 70.2 Å². The summed E-state index contributed by atoms with van der Waals surface area (Å²) < 4.78 is 0. The fourth-order valence-corrected chi connectivity index (χ4v) is 3.87. The summed E-state index contributed by atoms with van der Waals surface area (Å²) in [5.41, 5.74) is 0.330. The molecule has 0 aromatic heterocycles. The van der Waals surface area contributed by atoms with Gasteiger partial charge in [-0.05, 0) is 17.7 Å². The van der Waals surface area contributed by atoms with Crippen LogP contribution in [-0.4, -0.2) is 59.3 Å². The Bertz CT molecular complexity index is 1110. The molecule has 2 aliphatic heterocycles. The van der Waals surface area contributed by atoms with E-state index >= 15 is 0 Å². The van der Waals surface area contributed by atoms with Gasteiger partial charge in [-0.2, -0.15) is 0 Å². The van der Waals surface area contributed by atoms with Crippen LogP contribution in [0, 0.1) is 0 Å². The topological polar surface area (TPSA) is 82.4 Å². The number of ketones is 1. The molecule has 4 rings (SSSR count). The first-order valence-corrected chi connectivity index (χ1v) is 9.29. The average molecular weight is 409 g/mol. The zero-order chi connectivity index (χ0) is 20.8. The lowest BCUT2D eigenvalue weighted by atomic mass is 9.87. The average Bonchev–Trinajstić information content (AvgIpc) is 3.16. The molecule has 3 amide bonds. The standard InChI is InChI=1S/C21H17ClN4O3/c1-25-19(28)18-21(24-12-23-18,26(2)20(25)29)11-13-7-3-4-8-14(13)17(27)15-9-5-6-10-16(15)22/h3-10,12H,11H2,1-2H3. The monoisotopic (exact) mass is 408 g/mol. The summed E-state index contributed by atoms with van der Waals surface area (Å²) in [5, 5.41) is 0.355. The molecule has 0 N–H and O–H groups in total. The number of carbonyl (C=O) groups is 3. The Balaban J connectivity index is 1.78. The molecule has 29 heavy (non-hydrogen) atoms. The lowest BCUT2D eigenvalue weighted by Gasteiger charge is -2.43. The first kappa shape index (κ1) is 19.0. The van der Waals surface area contributed by atoms with Gasteiger partial charge in [0.15, 0.2) is 17.2 Å².